The third kappa shape index (κ3) is 10.2. The van der Waals surface area contributed by atoms with Gasteiger partial charge in [-0.25, -0.2) is 13.1 Å². The molecule has 1 amide bonds. The highest BCUT2D eigenvalue weighted by Gasteiger charge is 2.12. The minimum absolute atomic E-state index is 0.0322. The van der Waals surface area contributed by atoms with Crippen LogP contribution in [-0.4, -0.2) is 20.4 Å². The van der Waals surface area contributed by atoms with E-state index >= 15 is 0 Å². The Morgan fingerprint density at radius 3 is 2.20 bits per heavy atom. The molecule has 2 N–H and O–H groups in total. The number of unbranched alkanes of at least 4 members (excludes halogenated alkanes) is 4. The minimum Gasteiger partial charge on any atom is -0.352 e. The summed E-state index contributed by atoms with van der Waals surface area (Å²) in [4.78, 5) is 11.8. The zero-order chi connectivity index (χ0) is 18.7. The molecule has 0 atom stereocenters. The van der Waals surface area contributed by atoms with Gasteiger partial charge in [0.05, 0.1) is 5.75 Å². The third-order valence-electron chi connectivity index (χ3n) is 3.79. The molecule has 0 spiro atoms. The molecule has 0 saturated carbocycles. The number of rotatable bonds is 12. The highest BCUT2D eigenvalue weighted by molar-refractivity contribution is 7.88. The number of benzene rings is 1. The van der Waals surface area contributed by atoms with Gasteiger partial charge < -0.3 is 5.32 Å². The molecule has 0 fully saturated rings. The Bertz CT molecular complexity index is 610. The molecule has 0 bridgehead atoms. The second kappa shape index (κ2) is 11.3. The van der Waals surface area contributed by atoms with Gasteiger partial charge in [-0.2, -0.15) is 0 Å². The van der Waals surface area contributed by atoms with Crippen molar-refractivity contribution >= 4 is 15.9 Å². The van der Waals surface area contributed by atoms with Gasteiger partial charge in [-0.3, -0.25) is 4.79 Å². The molecule has 0 aromatic heterocycles. The van der Waals surface area contributed by atoms with E-state index in [4.69, 9.17) is 0 Å². The summed E-state index contributed by atoms with van der Waals surface area (Å²) >= 11 is 0. The van der Waals surface area contributed by atoms with Crippen molar-refractivity contribution in [2.45, 2.75) is 77.6 Å². The summed E-state index contributed by atoms with van der Waals surface area (Å²) in [7, 11) is -3.31. The molecule has 0 unspecified atom stereocenters. The van der Waals surface area contributed by atoms with Gasteiger partial charge in [0.2, 0.25) is 15.9 Å². The number of hydrogen-bond donors (Lipinski definition) is 2. The van der Waals surface area contributed by atoms with E-state index < -0.39 is 10.0 Å². The van der Waals surface area contributed by atoms with Crippen LogP contribution < -0.4 is 10.0 Å². The fourth-order valence-electron chi connectivity index (χ4n) is 2.55. The number of carbonyl (C=O) groups excluding carboxylic acids is 1. The van der Waals surface area contributed by atoms with Crippen LogP contribution >= 0.6 is 0 Å². The fourth-order valence-corrected chi connectivity index (χ4v) is 3.98. The Balaban J connectivity index is 2.35. The molecule has 0 aliphatic heterocycles. The molecule has 142 valence electrons. The monoisotopic (exact) mass is 368 g/mol. The van der Waals surface area contributed by atoms with E-state index in [1.165, 1.54) is 19.3 Å². The Kier molecular flexibility index (Phi) is 9.75. The van der Waals surface area contributed by atoms with Crippen LogP contribution in [0.5, 0.6) is 0 Å². The van der Waals surface area contributed by atoms with Crippen LogP contribution in [-0.2, 0) is 27.1 Å². The molecule has 0 saturated heterocycles. The topological polar surface area (TPSA) is 75.3 Å². The van der Waals surface area contributed by atoms with Crippen molar-refractivity contribution in [2.75, 3.05) is 0 Å². The van der Waals surface area contributed by atoms with Crippen LogP contribution in [0.4, 0.5) is 0 Å². The zero-order valence-corrected chi connectivity index (χ0v) is 16.5. The van der Waals surface area contributed by atoms with Crippen LogP contribution in [0.3, 0.4) is 0 Å². The summed E-state index contributed by atoms with van der Waals surface area (Å²) in [6.07, 6.45) is 6.24. The maximum absolute atomic E-state index is 11.9. The second-order valence-electron chi connectivity index (χ2n) is 6.79. The molecular weight excluding hydrogens is 336 g/mol. The lowest BCUT2D eigenvalue weighted by atomic mass is 10.1. The van der Waals surface area contributed by atoms with Crippen molar-refractivity contribution in [3.05, 3.63) is 35.4 Å². The zero-order valence-electron chi connectivity index (χ0n) is 15.7. The van der Waals surface area contributed by atoms with Crippen LogP contribution in [0.2, 0.25) is 0 Å². The maximum atomic E-state index is 11.9. The molecule has 25 heavy (non-hydrogen) atoms. The summed E-state index contributed by atoms with van der Waals surface area (Å²) in [5.74, 6) is 0.0412. The lowest BCUT2D eigenvalue weighted by Gasteiger charge is -2.10. The predicted molar refractivity (Wildman–Crippen MR) is 103 cm³/mol. The number of nitrogens with one attached hydrogen (secondary N) is 2. The van der Waals surface area contributed by atoms with E-state index in [2.05, 4.69) is 17.0 Å². The van der Waals surface area contributed by atoms with Gasteiger partial charge in [0.1, 0.15) is 0 Å². The van der Waals surface area contributed by atoms with E-state index in [0.29, 0.717) is 13.0 Å². The average molecular weight is 369 g/mol. The normalized spacial score (nSPS) is 11.7. The summed E-state index contributed by atoms with van der Waals surface area (Å²) in [5, 5.41) is 2.91. The number of hydrogen-bond acceptors (Lipinski definition) is 3. The Labute approximate surface area is 152 Å². The Morgan fingerprint density at radius 2 is 1.60 bits per heavy atom. The average Bonchev–Trinajstić information content (AvgIpc) is 2.52. The molecule has 1 aromatic carbocycles. The highest BCUT2D eigenvalue weighted by atomic mass is 32.2. The number of carbonyl (C=O) groups is 1. The summed E-state index contributed by atoms with van der Waals surface area (Å²) in [6, 6.07) is 7.21. The summed E-state index contributed by atoms with van der Waals surface area (Å²) < 4.78 is 26.4. The molecule has 0 aliphatic carbocycles. The third-order valence-corrected chi connectivity index (χ3v) is 5.34. The Morgan fingerprint density at radius 1 is 1.00 bits per heavy atom. The van der Waals surface area contributed by atoms with Gasteiger partial charge >= 0.3 is 0 Å². The Hall–Kier alpha value is -1.40. The predicted octanol–water partition coefficient (Wildman–Crippen LogP) is 3.49. The van der Waals surface area contributed by atoms with E-state index in [-0.39, 0.29) is 17.7 Å². The minimum atomic E-state index is -3.31. The second-order valence-corrected chi connectivity index (χ2v) is 8.54. The first kappa shape index (κ1) is 21.6. The van der Waals surface area contributed by atoms with Crippen LogP contribution in [0, 0.1) is 0 Å². The first-order chi connectivity index (χ1) is 11.8. The van der Waals surface area contributed by atoms with E-state index in [1.807, 2.05) is 12.1 Å². The lowest BCUT2D eigenvalue weighted by molar-refractivity contribution is -0.121. The molecular formula is C19H32N2O3S. The molecule has 1 aromatic rings. The van der Waals surface area contributed by atoms with Crippen molar-refractivity contribution in [1.82, 2.24) is 10.0 Å². The number of amides is 1. The van der Waals surface area contributed by atoms with Crippen molar-refractivity contribution in [1.29, 1.82) is 0 Å². The van der Waals surface area contributed by atoms with Gasteiger partial charge in [0.15, 0.2) is 0 Å². The molecule has 1 rings (SSSR count). The first-order valence-corrected chi connectivity index (χ1v) is 10.8. The van der Waals surface area contributed by atoms with Crippen LogP contribution in [0.15, 0.2) is 24.3 Å². The van der Waals surface area contributed by atoms with Gasteiger partial charge in [-0.15, -0.1) is 0 Å². The first-order valence-electron chi connectivity index (χ1n) is 9.17. The van der Waals surface area contributed by atoms with Gasteiger partial charge in [0.25, 0.3) is 0 Å². The SMILES string of the molecule is CCCCCCCC(=O)NCc1ccc(CS(=O)(=O)NC(C)C)cc1. The van der Waals surface area contributed by atoms with Crippen molar-refractivity contribution in [2.24, 2.45) is 0 Å². The van der Waals surface area contributed by atoms with Gasteiger partial charge in [0, 0.05) is 19.0 Å². The quantitative estimate of drug-likeness (QED) is 0.555. The molecule has 0 aliphatic rings. The van der Waals surface area contributed by atoms with E-state index in [0.717, 1.165) is 24.0 Å². The molecule has 0 heterocycles. The largest absolute Gasteiger partial charge is 0.352 e. The standard InChI is InChI=1S/C19H32N2O3S/c1-4-5-6-7-8-9-19(22)20-14-17-10-12-18(13-11-17)15-25(23,24)21-16(2)3/h10-13,16,21H,4-9,14-15H2,1-3H3,(H,20,22). The van der Waals surface area contributed by atoms with E-state index in [9.17, 15) is 13.2 Å². The fraction of sp³-hybridized carbons (Fsp3) is 0.632. The van der Waals surface area contributed by atoms with Gasteiger partial charge in [-0.05, 0) is 31.4 Å². The molecule has 0 radical (unpaired) electrons. The molecule has 6 heteroatoms. The van der Waals surface area contributed by atoms with Crippen LogP contribution in [0.1, 0.15) is 70.4 Å². The molecule has 5 nitrogen and oxygen atoms in total. The van der Waals surface area contributed by atoms with E-state index in [1.54, 1.807) is 26.0 Å². The van der Waals surface area contributed by atoms with Crippen LogP contribution in [0.25, 0.3) is 0 Å². The van der Waals surface area contributed by atoms with Crippen molar-refractivity contribution in [3.63, 3.8) is 0 Å². The number of sulfonamides is 1. The summed E-state index contributed by atoms with van der Waals surface area (Å²) in [6.45, 7) is 6.25. The highest BCUT2D eigenvalue weighted by Crippen LogP contribution is 2.09. The van der Waals surface area contributed by atoms with Crippen molar-refractivity contribution < 1.29 is 13.2 Å². The van der Waals surface area contributed by atoms with Gasteiger partial charge in [-0.1, -0.05) is 56.9 Å². The van der Waals surface area contributed by atoms with Crippen molar-refractivity contribution in [3.8, 4) is 0 Å². The maximum Gasteiger partial charge on any atom is 0.220 e. The smallest absolute Gasteiger partial charge is 0.220 e. The lowest BCUT2D eigenvalue weighted by Crippen LogP contribution is -2.31. The summed E-state index contributed by atoms with van der Waals surface area (Å²) in [5.41, 5.74) is 1.71.